The van der Waals surface area contributed by atoms with Crippen LogP contribution in [-0.2, 0) is 0 Å². The van der Waals surface area contributed by atoms with E-state index < -0.39 is 0 Å². The average Bonchev–Trinajstić information content (AvgIpc) is 3.25. The van der Waals surface area contributed by atoms with Gasteiger partial charge in [-0.25, -0.2) is 4.39 Å². The molecule has 8 nitrogen and oxygen atoms in total. The van der Waals surface area contributed by atoms with Crippen molar-refractivity contribution in [2.75, 3.05) is 26.7 Å². The number of nitrogens with zero attached hydrogens (tertiary/aromatic N) is 6. The van der Waals surface area contributed by atoms with Gasteiger partial charge in [0.15, 0.2) is 11.5 Å². The highest BCUT2D eigenvalue weighted by Crippen LogP contribution is 2.21. The average molecular weight is 366 g/mol. The van der Waals surface area contributed by atoms with E-state index in [4.69, 9.17) is 4.52 Å². The molecular formula is C15H17ClFN7O. The first-order valence-corrected chi connectivity index (χ1v) is 7.64. The zero-order chi connectivity index (χ0) is 16.5. The zero-order valence-electron chi connectivity index (χ0n) is 13.5. The Bertz CT molecular complexity index is 835. The van der Waals surface area contributed by atoms with Gasteiger partial charge in [-0.3, -0.25) is 4.90 Å². The minimum Gasteiger partial charge on any atom is -0.332 e. The fourth-order valence-corrected chi connectivity index (χ4v) is 2.63. The van der Waals surface area contributed by atoms with Gasteiger partial charge in [-0.2, -0.15) is 14.9 Å². The van der Waals surface area contributed by atoms with Gasteiger partial charge in [-0.15, -0.1) is 17.5 Å². The van der Waals surface area contributed by atoms with Crippen LogP contribution in [0.2, 0.25) is 0 Å². The smallest absolute Gasteiger partial charge is 0.280 e. The maximum atomic E-state index is 13.0. The van der Waals surface area contributed by atoms with Crippen molar-refractivity contribution in [3.8, 4) is 17.3 Å². The van der Waals surface area contributed by atoms with Crippen LogP contribution in [0.1, 0.15) is 11.9 Å². The number of rotatable bonds is 3. The highest BCUT2D eigenvalue weighted by molar-refractivity contribution is 5.85. The van der Waals surface area contributed by atoms with Crippen LogP contribution in [0.25, 0.3) is 17.3 Å². The van der Waals surface area contributed by atoms with E-state index in [1.807, 2.05) is 7.05 Å². The molecule has 0 spiro atoms. The van der Waals surface area contributed by atoms with Gasteiger partial charge in [0.05, 0.1) is 17.9 Å². The molecule has 1 aliphatic heterocycles. The predicted molar refractivity (Wildman–Crippen MR) is 90.1 cm³/mol. The summed E-state index contributed by atoms with van der Waals surface area (Å²) in [6, 6.07) is 5.98. The summed E-state index contributed by atoms with van der Waals surface area (Å²) in [4.78, 5) is 8.02. The molecule has 1 fully saturated rings. The van der Waals surface area contributed by atoms with Gasteiger partial charge in [0, 0.05) is 19.6 Å². The summed E-state index contributed by atoms with van der Waals surface area (Å²) in [5, 5.41) is 15.9. The van der Waals surface area contributed by atoms with E-state index in [2.05, 4.69) is 30.6 Å². The topological polar surface area (TPSA) is 84.9 Å². The summed E-state index contributed by atoms with van der Waals surface area (Å²) in [5.41, 5.74) is 1.13. The molecule has 132 valence electrons. The minimum atomic E-state index is -0.308. The van der Waals surface area contributed by atoms with Crippen molar-refractivity contribution >= 4 is 12.4 Å². The van der Waals surface area contributed by atoms with Gasteiger partial charge >= 0.3 is 0 Å². The Morgan fingerprint density at radius 1 is 1.28 bits per heavy atom. The Balaban J connectivity index is 0.00000182. The summed E-state index contributed by atoms with van der Waals surface area (Å²) in [6.45, 7) is 2.65. The number of likely N-dealkylation sites (N-methyl/N-ethyl adjacent to an activating group) is 1. The SMILES string of the molecule is CN1CCNCC1c1noc(-c2cnn(-c3ccc(F)cc3)n2)n1.Cl. The summed E-state index contributed by atoms with van der Waals surface area (Å²) < 4.78 is 18.3. The van der Waals surface area contributed by atoms with E-state index in [0.29, 0.717) is 23.1 Å². The first-order chi connectivity index (χ1) is 11.7. The fraction of sp³-hybridized carbons (Fsp3) is 0.333. The van der Waals surface area contributed by atoms with Crippen LogP contribution in [0.5, 0.6) is 0 Å². The van der Waals surface area contributed by atoms with Crippen LogP contribution in [0, 0.1) is 5.82 Å². The number of benzene rings is 1. The normalized spacial score (nSPS) is 18.1. The van der Waals surface area contributed by atoms with E-state index >= 15 is 0 Å². The van der Waals surface area contributed by atoms with Crippen molar-refractivity contribution in [2.24, 2.45) is 0 Å². The van der Waals surface area contributed by atoms with E-state index in [-0.39, 0.29) is 24.3 Å². The standard InChI is InChI=1S/C15H16FN7O.ClH/c1-22-7-6-17-9-13(22)14-19-15(24-21-14)12-8-18-23(20-12)11-4-2-10(16)3-5-11;/h2-5,8,13,17H,6-7,9H2,1H3;1H. The molecular weight excluding hydrogens is 349 g/mol. The third-order valence-electron chi connectivity index (χ3n) is 4.02. The van der Waals surface area contributed by atoms with Crippen molar-refractivity contribution in [3.63, 3.8) is 0 Å². The van der Waals surface area contributed by atoms with Gasteiger partial charge < -0.3 is 9.84 Å². The van der Waals surface area contributed by atoms with Crippen molar-refractivity contribution in [1.29, 1.82) is 0 Å². The summed E-state index contributed by atoms with van der Waals surface area (Å²) >= 11 is 0. The molecule has 1 aromatic carbocycles. The van der Waals surface area contributed by atoms with Crippen LogP contribution in [0.15, 0.2) is 35.0 Å². The second-order valence-electron chi connectivity index (χ2n) is 5.65. The Kier molecular flexibility index (Phi) is 5.07. The van der Waals surface area contributed by atoms with Crippen molar-refractivity contribution in [2.45, 2.75) is 6.04 Å². The molecule has 25 heavy (non-hydrogen) atoms. The number of hydrogen-bond donors (Lipinski definition) is 1. The number of halogens is 2. The molecule has 0 aliphatic carbocycles. The lowest BCUT2D eigenvalue weighted by molar-refractivity contribution is 0.190. The van der Waals surface area contributed by atoms with Gasteiger partial charge in [-0.1, -0.05) is 5.16 Å². The maximum absolute atomic E-state index is 13.0. The van der Waals surface area contributed by atoms with E-state index in [9.17, 15) is 4.39 Å². The van der Waals surface area contributed by atoms with Gasteiger partial charge in [0.25, 0.3) is 5.89 Å². The molecule has 0 saturated carbocycles. The third kappa shape index (κ3) is 3.53. The summed E-state index contributed by atoms with van der Waals surface area (Å²) in [7, 11) is 2.03. The molecule has 10 heteroatoms. The molecule has 1 N–H and O–H groups in total. The molecule has 1 unspecified atom stereocenters. The van der Waals surface area contributed by atoms with Crippen LogP contribution in [0.3, 0.4) is 0 Å². The van der Waals surface area contributed by atoms with Gasteiger partial charge in [-0.05, 0) is 31.3 Å². The lowest BCUT2D eigenvalue weighted by Gasteiger charge is -2.30. The second kappa shape index (κ2) is 7.26. The highest BCUT2D eigenvalue weighted by atomic mass is 35.5. The van der Waals surface area contributed by atoms with E-state index in [1.54, 1.807) is 18.3 Å². The maximum Gasteiger partial charge on any atom is 0.280 e. The monoisotopic (exact) mass is 365 g/mol. The van der Waals surface area contributed by atoms with Crippen molar-refractivity contribution < 1.29 is 8.91 Å². The Morgan fingerprint density at radius 2 is 2.08 bits per heavy atom. The largest absolute Gasteiger partial charge is 0.332 e. The van der Waals surface area contributed by atoms with Crippen LogP contribution >= 0.6 is 12.4 Å². The van der Waals surface area contributed by atoms with E-state index in [1.165, 1.54) is 16.9 Å². The van der Waals surface area contributed by atoms with Crippen LogP contribution < -0.4 is 5.32 Å². The molecule has 1 atom stereocenters. The Hall–Kier alpha value is -2.36. The summed E-state index contributed by atoms with van der Waals surface area (Å²) in [6.07, 6.45) is 1.55. The van der Waals surface area contributed by atoms with Gasteiger partial charge in [0.1, 0.15) is 5.82 Å². The second-order valence-corrected chi connectivity index (χ2v) is 5.65. The lowest BCUT2D eigenvalue weighted by Crippen LogP contribution is -2.44. The predicted octanol–water partition coefficient (Wildman–Crippen LogP) is 1.45. The highest BCUT2D eigenvalue weighted by Gasteiger charge is 2.26. The first kappa shape index (κ1) is 17.5. The molecule has 0 bridgehead atoms. The van der Waals surface area contributed by atoms with Crippen molar-refractivity contribution in [1.82, 2.24) is 35.4 Å². The molecule has 3 heterocycles. The number of hydrogen-bond acceptors (Lipinski definition) is 7. The zero-order valence-corrected chi connectivity index (χ0v) is 14.3. The molecule has 1 saturated heterocycles. The first-order valence-electron chi connectivity index (χ1n) is 7.64. The molecule has 0 radical (unpaired) electrons. The van der Waals surface area contributed by atoms with Crippen molar-refractivity contribution in [3.05, 3.63) is 42.1 Å². The Labute approximate surface area is 149 Å². The number of nitrogens with one attached hydrogen (secondary N) is 1. The third-order valence-corrected chi connectivity index (χ3v) is 4.02. The van der Waals surface area contributed by atoms with E-state index in [0.717, 1.165) is 19.6 Å². The molecule has 4 rings (SSSR count). The summed E-state index contributed by atoms with van der Waals surface area (Å²) in [5.74, 6) is 0.631. The number of aromatic nitrogens is 5. The fourth-order valence-electron chi connectivity index (χ4n) is 2.63. The van der Waals surface area contributed by atoms with Gasteiger partial charge in [0.2, 0.25) is 0 Å². The molecule has 0 amide bonds. The minimum absolute atomic E-state index is 0. The number of piperazine rings is 1. The van der Waals surface area contributed by atoms with Crippen LogP contribution in [-0.4, -0.2) is 56.7 Å². The molecule has 1 aliphatic rings. The van der Waals surface area contributed by atoms with Crippen LogP contribution in [0.4, 0.5) is 4.39 Å². The quantitative estimate of drug-likeness (QED) is 0.752. The molecule has 3 aromatic rings. The lowest BCUT2D eigenvalue weighted by atomic mass is 10.2. The molecule has 2 aromatic heterocycles. The Morgan fingerprint density at radius 3 is 2.84 bits per heavy atom.